The second-order valence-corrected chi connectivity index (χ2v) is 6.67. The Hall–Kier alpha value is -2.44. The standard InChI is InChI=1S/C20H22O6/c21-9-15(5-13-1-3-17-19(7-13)25-11-23-17)16(10-22)6-14-2-4-18-20(8-14)26-12-24-18/h1-4,7-8,15-16,21-22H,5-6,9-12H2/t15-,16-/m0/s1. The Labute approximate surface area is 151 Å². The summed E-state index contributed by atoms with van der Waals surface area (Å²) in [6.45, 7) is 0.492. The summed E-state index contributed by atoms with van der Waals surface area (Å²) in [5, 5.41) is 19.8. The van der Waals surface area contributed by atoms with Gasteiger partial charge in [0.1, 0.15) is 0 Å². The Balaban J connectivity index is 1.47. The van der Waals surface area contributed by atoms with Gasteiger partial charge in [-0.3, -0.25) is 0 Å². The zero-order valence-electron chi connectivity index (χ0n) is 14.4. The first-order valence-electron chi connectivity index (χ1n) is 8.75. The number of hydrogen-bond acceptors (Lipinski definition) is 6. The topological polar surface area (TPSA) is 77.4 Å². The van der Waals surface area contributed by atoms with Crippen LogP contribution in [0.4, 0.5) is 0 Å². The number of benzene rings is 2. The van der Waals surface area contributed by atoms with E-state index in [0.29, 0.717) is 12.8 Å². The second-order valence-electron chi connectivity index (χ2n) is 6.67. The van der Waals surface area contributed by atoms with Crippen LogP contribution in [0, 0.1) is 11.8 Å². The van der Waals surface area contributed by atoms with Gasteiger partial charge in [-0.05, 0) is 60.1 Å². The number of aliphatic hydroxyl groups excluding tert-OH is 2. The van der Waals surface area contributed by atoms with Crippen LogP contribution in [0.25, 0.3) is 0 Å². The molecule has 6 nitrogen and oxygen atoms in total. The second kappa shape index (κ2) is 7.43. The van der Waals surface area contributed by atoms with Crippen molar-refractivity contribution in [2.45, 2.75) is 12.8 Å². The van der Waals surface area contributed by atoms with Gasteiger partial charge < -0.3 is 29.2 Å². The highest BCUT2D eigenvalue weighted by atomic mass is 16.7. The van der Waals surface area contributed by atoms with E-state index in [-0.39, 0.29) is 38.6 Å². The molecule has 0 spiro atoms. The SMILES string of the molecule is OC[C@H](Cc1ccc2c(c1)OCO2)[C@H](CO)Cc1ccc2c(c1)OCO2. The number of rotatable bonds is 7. The van der Waals surface area contributed by atoms with E-state index in [9.17, 15) is 10.2 Å². The fourth-order valence-electron chi connectivity index (χ4n) is 3.50. The van der Waals surface area contributed by atoms with E-state index in [1.165, 1.54) is 0 Å². The van der Waals surface area contributed by atoms with Crippen molar-refractivity contribution in [3.05, 3.63) is 47.5 Å². The van der Waals surface area contributed by atoms with Crippen molar-refractivity contribution in [1.29, 1.82) is 0 Å². The molecule has 0 bridgehead atoms. The summed E-state index contributed by atoms with van der Waals surface area (Å²) in [6.07, 6.45) is 1.31. The summed E-state index contributed by atoms with van der Waals surface area (Å²) in [6, 6.07) is 11.6. The molecule has 2 aliphatic heterocycles. The quantitative estimate of drug-likeness (QED) is 0.790. The van der Waals surface area contributed by atoms with Crippen LogP contribution in [0.5, 0.6) is 23.0 Å². The van der Waals surface area contributed by atoms with Gasteiger partial charge in [0.05, 0.1) is 0 Å². The van der Waals surface area contributed by atoms with Crippen LogP contribution < -0.4 is 18.9 Å². The molecule has 0 saturated heterocycles. The minimum atomic E-state index is -0.0641. The van der Waals surface area contributed by atoms with E-state index in [1.807, 2.05) is 36.4 Å². The molecule has 0 saturated carbocycles. The van der Waals surface area contributed by atoms with E-state index in [1.54, 1.807) is 0 Å². The highest BCUT2D eigenvalue weighted by molar-refractivity contribution is 5.45. The Kier molecular flexibility index (Phi) is 4.86. The molecule has 0 fully saturated rings. The van der Waals surface area contributed by atoms with E-state index in [2.05, 4.69) is 0 Å². The Bertz CT molecular complexity index is 709. The third-order valence-electron chi connectivity index (χ3n) is 5.01. The number of hydrogen-bond donors (Lipinski definition) is 2. The molecule has 0 aliphatic carbocycles. The zero-order chi connectivity index (χ0) is 17.9. The first-order chi connectivity index (χ1) is 12.8. The molecular formula is C20H22O6. The summed E-state index contributed by atoms with van der Waals surface area (Å²) in [5.74, 6) is 2.82. The Morgan fingerprint density at radius 3 is 1.50 bits per heavy atom. The molecule has 0 aromatic heterocycles. The normalized spacial score (nSPS) is 16.5. The molecule has 2 aromatic carbocycles. The maximum Gasteiger partial charge on any atom is 0.231 e. The van der Waals surface area contributed by atoms with Crippen LogP contribution in [-0.4, -0.2) is 37.0 Å². The maximum absolute atomic E-state index is 9.90. The molecule has 138 valence electrons. The molecule has 2 heterocycles. The van der Waals surface area contributed by atoms with Gasteiger partial charge >= 0.3 is 0 Å². The van der Waals surface area contributed by atoms with Crippen molar-refractivity contribution < 1.29 is 29.2 Å². The summed E-state index contributed by atoms with van der Waals surface area (Å²) < 4.78 is 21.5. The minimum absolute atomic E-state index is 0.00419. The van der Waals surface area contributed by atoms with Crippen LogP contribution in [-0.2, 0) is 12.8 Å². The average Bonchev–Trinajstić information content (AvgIpc) is 3.32. The number of ether oxygens (including phenoxy) is 4. The molecule has 2 atom stereocenters. The van der Waals surface area contributed by atoms with Gasteiger partial charge in [-0.25, -0.2) is 0 Å². The first kappa shape index (κ1) is 17.0. The van der Waals surface area contributed by atoms with Crippen molar-refractivity contribution in [1.82, 2.24) is 0 Å². The largest absolute Gasteiger partial charge is 0.454 e. The third kappa shape index (κ3) is 3.43. The predicted octanol–water partition coefficient (Wildman–Crippen LogP) is 2.15. The minimum Gasteiger partial charge on any atom is -0.454 e. The summed E-state index contributed by atoms with van der Waals surface area (Å²) in [4.78, 5) is 0. The Morgan fingerprint density at radius 1 is 0.654 bits per heavy atom. The lowest BCUT2D eigenvalue weighted by atomic mass is 9.83. The van der Waals surface area contributed by atoms with E-state index < -0.39 is 0 Å². The van der Waals surface area contributed by atoms with Crippen LogP contribution in [0.15, 0.2) is 36.4 Å². The average molecular weight is 358 g/mol. The lowest BCUT2D eigenvalue weighted by Crippen LogP contribution is -2.26. The van der Waals surface area contributed by atoms with Crippen molar-refractivity contribution >= 4 is 0 Å². The van der Waals surface area contributed by atoms with Crippen LogP contribution >= 0.6 is 0 Å². The van der Waals surface area contributed by atoms with Gasteiger partial charge in [-0.1, -0.05) is 12.1 Å². The molecule has 4 rings (SSSR count). The monoisotopic (exact) mass is 358 g/mol. The molecule has 2 aliphatic rings. The lowest BCUT2D eigenvalue weighted by molar-refractivity contribution is 0.119. The molecule has 0 unspecified atom stereocenters. The molecule has 2 aromatic rings. The van der Waals surface area contributed by atoms with Gasteiger partial charge in [-0.2, -0.15) is 0 Å². The van der Waals surface area contributed by atoms with Crippen molar-refractivity contribution in [2.75, 3.05) is 26.8 Å². The van der Waals surface area contributed by atoms with E-state index in [0.717, 1.165) is 34.1 Å². The van der Waals surface area contributed by atoms with Gasteiger partial charge in [0.2, 0.25) is 13.6 Å². The van der Waals surface area contributed by atoms with E-state index in [4.69, 9.17) is 18.9 Å². The van der Waals surface area contributed by atoms with Crippen LogP contribution in [0.2, 0.25) is 0 Å². The zero-order valence-corrected chi connectivity index (χ0v) is 14.4. The Morgan fingerprint density at radius 2 is 1.08 bits per heavy atom. The number of aliphatic hydroxyl groups is 2. The molecule has 0 radical (unpaired) electrons. The highest BCUT2D eigenvalue weighted by Gasteiger charge is 2.24. The van der Waals surface area contributed by atoms with Gasteiger partial charge in [-0.15, -0.1) is 0 Å². The van der Waals surface area contributed by atoms with Crippen molar-refractivity contribution in [3.8, 4) is 23.0 Å². The fourth-order valence-corrected chi connectivity index (χ4v) is 3.50. The highest BCUT2D eigenvalue weighted by Crippen LogP contribution is 2.35. The first-order valence-corrected chi connectivity index (χ1v) is 8.75. The summed E-state index contributed by atoms with van der Waals surface area (Å²) >= 11 is 0. The predicted molar refractivity (Wildman–Crippen MR) is 93.7 cm³/mol. The fraction of sp³-hybridized carbons (Fsp3) is 0.400. The van der Waals surface area contributed by atoms with Crippen molar-refractivity contribution in [3.63, 3.8) is 0 Å². The van der Waals surface area contributed by atoms with E-state index >= 15 is 0 Å². The summed E-state index contributed by atoms with van der Waals surface area (Å²) in [7, 11) is 0. The maximum atomic E-state index is 9.90. The third-order valence-corrected chi connectivity index (χ3v) is 5.01. The molecule has 0 amide bonds. The van der Waals surface area contributed by atoms with Crippen molar-refractivity contribution in [2.24, 2.45) is 11.8 Å². The molecule has 26 heavy (non-hydrogen) atoms. The summed E-state index contributed by atoms with van der Waals surface area (Å²) in [5.41, 5.74) is 2.11. The van der Waals surface area contributed by atoms with Crippen LogP contribution in [0.1, 0.15) is 11.1 Å². The molecule has 2 N–H and O–H groups in total. The molecular weight excluding hydrogens is 336 g/mol. The lowest BCUT2D eigenvalue weighted by Gasteiger charge is -2.24. The van der Waals surface area contributed by atoms with Gasteiger partial charge in [0, 0.05) is 13.2 Å². The van der Waals surface area contributed by atoms with Gasteiger partial charge in [0.25, 0.3) is 0 Å². The number of fused-ring (bicyclic) bond motifs is 2. The molecule has 6 heteroatoms. The van der Waals surface area contributed by atoms with Gasteiger partial charge in [0.15, 0.2) is 23.0 Å². The van der Waals surface area contributed by atoms with Crippen LogP contribution in [0.3, 0.4) is 0 Å². The smallest absolute Gasteiger partial charge is 0.231 e.